The lowest BCUT2D eigenvalue weighted by atomic mass is 9.80. The van der Waals surface area contributed by atoms with E-state index in [1.54, 1.807) is 72.8 Å². The summed E-state index contributed by atoms with van der Waals surface area (Å²) in [5.74, 6) is -1.18. The van der Waals surface area contributed by atoms with Crippen LogP contribution in [0.25, 0.3) is 33.4 Å². The number of methoxy groups -OCH3 is 1. The Bertz CT molecular complexity index is 5450. The summed E-state index contributed by atoms with van der Waals surface area (Å²) in [7, 11) is 1.42. The van der Waals surface area contributed by atoms with Gasteiger partial charge in [0.05, 0.1) is 42.9 Å². The van der Waals surface area contributed by atoms with E-state index >= 15 is 0 Å². The molecule has 3 amide bonds. The first-order valence-corrected chi connectivity index (χ1v) is 42.6. The lowest BCUT2D eigenvalue weighted by Gasteiger charge is -2.36. The number of ether oxygens (including phenoxy) is 3. The SMILES string of the molecule is CCOC(=O)C(c1ccccc1)C1CCN(c2ccc(NC(=O)c3ccccc3-c3ccc(C(F)(F)F)cc3)cc2)CC1.CCOC(=O)C(c1ccccc1)N1CCC(c2ccc(NC(=O)c3ccccc3-c3ccc(C(F)(F)F)cc3)cc2)CC1.COC(=O)C(c1ccccc1)N1CCC(c2ccc(NC(=O)c3ccccc3-c3ccc(C(F)(F)F)cc3)cc2)CC1. The molecule has 3 saturated heterocycles. The van der Waals surface area contributed by atoms with Crippen LogP contribution in [0.15, 0.2) is 309 Å². The number of alkyl halides is 9. The number of piperidine rings is 3. The fourth-order valence-electron chi connectivity index (χ4n) is 16.9. The second kappa shape index (κ2) is 42.7. The lowest BCUT2D eigenvalue weighted by molar-refractivity contribution is -0.150. The Balaban J connectivity index is 0.000000164. The van der Waals surface area contributed by atoms with Gasteiger partial charge in [0.15, 0.2) is 0 Å². The molecule has 15 rings (SSSR count). The minimum Gasteiger partial charge on any atom is -0.468 e. The number of halogens is 9. The first-order chi connectivity index (χ1) is 61.7. The van der Waals surface area contributed by atoms with Crippen molar-refractivity contribution in [1.29, 1.82) is 0 Å². The van der Waals surface area contributed by atoms with E-state index in [9.17, 15) is 68.3 Å². The molecule has 3 fully saturated rings. The number of hydrogen-bond acceptors (Lipinski definition) is 12. The third kappa shape index (κ3) is 23.6. The predicted octanol–water partition coefficient (Wildman–Crippen LogP) is 24.0. The molecule has 0 bridgehead atoms. The zero-order chi connectivity index (χ0) is 90.5. The Morgan fingerprint density at radius 1 is 0.336 bits per heavy atom. The standard InChI is InChI=1S/2C35H33F3N2O3.C34H31F3N2O3/c1-2-43-34(42)32(27-8-4-3-5-9-27)40-22-20-25(21-23-40)24-14-18-29(19-15-24)39-33(41)31-11-7-6-10-30(31)26-12-16-28(17-13-26)35(36,37)38;1-2-43-34(42)32(25-8-4-3-5-9-25)26-20-22-40(23-21-26)29-18-16-28(17-19-29)39-33(41)31-11-7-6-10-30(31)24-12-14-27(15-13-24)35(36,37)38;1-42-33(41)31(26-7-3-2-4-8-26)39-21-19-24(20-22-39)23-13-17-28(18-14-23)38-32(40)30-10-6-5-9-29(30)25-11-15-27(16-12-25)34(35,36)37/h3-19,25,32H,2,20-23H2,1H3,(H,39,41);3-19,26,32H,2,20-23H2,1H3,(H,39,41);2-18,24,31H,19-22H2,1H3,(H,38,40). The summed E-state index contributed by atoms with van der Waals surface area (Å²) in [6, 6.07) is 86.3. The van der Waals surface area contributed by atoms with E-state index in [0.29, 0.717) is 92.2 Å². The van der Waals surface area contributed by atoms with Gasteiger partial charge in [-0.15, -0.1) is 0 Å². The number of amides is 3. The number of benzene rings is 12. The van der Waals surface area contributed by atoms with Gasteiger partial charge in [-0.05, 0) is 261 Å². The summed E-state index contributed by atoms with van der Waals surface area (Å²) in [6.07, 6.45) is -8.05. The van der Waals surface area contributed by atoms with Crippen molar-refractivity contribution >= 4 is 58.4 Å². The summed E-state index contributed by atoms with van der Waals surface area (Å²) < 4.78 is 133. The molecule has 0 aliphatic carbocycles. The smallest absolute Gasteiger partial charge is 0.416 e. The molecule has 3 heterocycles. The number of rotatable bonds is 23. The molecule has 3 aliphatic rings. The molecule has 0 radical (unpaired) electrons. The van der Waals surface area contributed by atoms with E-state index in [-0.39, 0.29) is 47.5 Å². The Morgan fingerprint density at radius 3 is 0.953 bits per heavy atom. The van der Waals surface area contributed by atoms with Crippen molar-refractivity contribution < 1.29 is 82.5 Å². The Labute approximate surface area is 737 Å². The van der Waals surface area contributed by atoms with Crippen molar-refractivity contribution in [3.05, 3.63) is 371 Å². The monoisotopic (exact) mass is 1740 g/mol. The van der Waals surface area contributed by atoms with Gasteiger partial charge in [-0.3, -0.25) is 29.0 Å². The minimum atomic E-state index is -4.43. The van der Waals surface area contributed by atoms with E-state index in [2.05, 4.69) is 30.7 Å². The second-order valence-electron chi connectivity index (χ2n) is 31.5. The molecule has 3 N–H and O–H groups in total. The summed E-state index contributed by atoms with van der Waals surface area (Å²) in [6.45, 7) is 8.91. The van der Waals surface area contributed by atoms with E-state index in [1.165, 1.54) is 43.5 Å². The number of nitrogens with zero attached hydrogens (tertiary/aromatic N) is 3. The minimum absolute atomic E-state index is 0.174. The van der Waals surface area contributed by atoms with Crippen LogP contribution in [0, 0.1) is 5.92 Å². The van der Waals surface area contributed by atoms with Crippen LogP contribution in [0.2, 0.25) is 0 Å². The quantitative estimate of drug-likeness (QED) is 0.0314. The summed E-state index contributed by atoms with van der Waals surface area (Å²) >= 11 is 0. The van der Waals surface area contributed by atoms with Crippen LogP contribution in [-0.4, -0.2) is 105 Å². The van der Waals surface area contributed by atoms with Gasteiger partial charge in [-0.2, -0.15) is 39.5 Å². The zero-order valence-electron chi connectivity index (χ0n) is 70.7. The Kier molecular flexibility index (Phi) is 30.8. The van der Waals surface area contributed by atoms with E-state index in [0.717, 1.165) is 148 Å². The first-order valence-electron chi connectivity index (χ1n) is 42.6. The second-order valence-corrected chi connectivity index (χ2v) is 31.5. The number of esters is 3. The van der Waals surface area contributed by atoms with Crippen LogP contribution in [0.4, 0.5) is 62.3 Å². The molecule has 660 valence electrons. The van der Waals surface area contributed by atoms with Crippen LogP contribution in [-0.2, 0) is 47.1 Å². The molecule has 3 aliphatic heterocycles. The lowest BCUT2D eigenvalue weighted by Crippen LogP contribution is -2.40. The normalized spacial score (nSPS) is 15.0. The molecule has 3 unspecified atom stereocenters. The third-order valence-electron chi connectivity index (χ3n) is 23.5. The Hall–Kier alpha value is -13.5. The molecule has 15 nitrogen and oxygen atoms in total. The highest BCUT2D eigenvalue weighted by Gasteiger charge is 2.38. The number of carbonyl (C=O) groups is 6. The van der Waals surface area contributed by atoms with Gasteiger partial charge < -0.3 is 35.1 Å². The highest BCUT2D eigenvalue weighted by Crippen LogP contribution is 2.42. The predicted molar refractivity (Wildman–Crippen MR) is 479 cm³/mol. The van der Waals surface area contributed by atoms with Crippen molar-refractivity contribution in [3.63, 3.8) is 0 Å². The highest BCUT2D eigenvalue weighted by molar-refractivity contribution is 6.10. The molecule has 12 aromatic rings. The molecule has 0 spiro atoms. The number of nitrogens with one attached hydrogen (secondary N) is 3. The van der Waals surface area contributed by atoms with Gasteiger partial charge in [-0.1, -0.05) is 206 Å². The molecule has 128 heavy (non-hydrogen) atoms. The van der Waals surface area contributed by atoms with Crippen molar-refractivity contribution in [2.75, 3.05) is 80.4 Å². The third-order valence-corrected chi connectivity index (χ3v) is 23.5. The van der Waals surface area contributed by atoms with Crippen molar-refractivity contribution in [2.24, 2.45) is 5.92 Å². The van der Waals surface area contributed by atoms with Gasteiger partial charge in [0, 0.05) is 52.5 Å². The number of anilines is 4. The van der Waals surface area contributed by atoms with E-state index in [1.807, 2.05) is 178 Å². The summed E-state index contributed by atoms with van der Waals surface area (Å²) in [5.41, 5.74) is 10.1. The molecule has 3 atom stereocenters. The van der Waals surface area contributed by atoms with Crippen molar-refractivity contribution in [1.82, 2.24) is 9.80 Å². The highest BCUT2D eigenvalue weighted by atomic mass is 19.4. The largest absolute Gasteiger partial charge is 0.468 e. The average Bonchev–Trinajstić information content (AvgIpc) is 0.846. The molecular weight excluding hydrogens is 1650 g/mol. The fourth-order valence-corrected chi connectivity index (χ4v) is 16.9. The number of hydrogen-bond donors (Lipinski definition) is 3. The zero-order valence-corrected chi connectivity index (χ0v) is 70.7. The van der Waals surface area contributed by atoms with Crippen LogP contribution in [0.5, 0.6) is 0 Å². The maximum Gasteiger partial charge on any atom is 0.416 e. The number of carbonyl (C=O) groups excluding carboxylic acids is 6. The number of likely N-dealkylation sites (tertiary alicyclic amines) is 2. The van der Waals surface area contributed by atoms with Crippen LogP contribution < -0.4 is 20.9 Å². The van der Waals surface area contributed by atoms with Crippen molar-refractivity contribution in [2.45, 2.75) is 101 Å². The van der Waals surface area contributed by atoms with Gasteiger partial charge in [-0.25, -0.2) is 9.59 Å². The van der Waals surface area contributed by atoms with Gasteiger partial charge in [0.25, 0.3) is 17.7 Å². The van der Waals surface area contributed by atoms with Gasteiger partial charge >= 0.3 is 36.4 Å². The topological polar surface area (TPSA) is 176 Å². The molecule has 0 saturated carbocycles. The Morgan fingerprint density at radius 2 is 0.633 bits per heavy atom. The molecule has 12 aromatic carbocycles. The molecule has 0 aromatic heterocycles. The average molecular weight is 1750 g/mol. The van der Waals surface area contributed by atoms with Crippen LogP contribution >= 0.6 is 0 Å². The molecular formula is C104H97F9N6O9. The summed E-state index contributed by atoms with van der Waals surface area (Å²) in [4.78, 5) is 84.5. The fraction of sp³-hybridized carbons (Fsp3) is 0.250. The van der Waals surface area contributed by atoms with Gasteiger partial charge in [0.1, 0.15) is 12.1 Å². The van der Waals surface area contributed by atoms with Gasteiger partial charge in [0.2, 0.25) is 0 Å². The van der Waals surface area contributed by atoms with Crippen LogP contribution in [0.3, 0.4) is 0 Å². The summed E-state index contributed by atoms with van der Waals surface area (Å²) in [5, 5.41) is 8.74. The molecule has 24 heteroatoms. The maximum atomic E-state index is 13.2. The van der Waals surface area contributed by atoms with E-state index < -0.39 is 47.3 Å². The van der Waals surface area contributed by atoms with Crippen molar-refractivity contribution in [3.8, 4) is 33.4 Å². The first kappa shape index (κ1) is 92.2. The van der Waals surface area contributed by atoms with E-state index in [4.69, 9.17) is 14.2 Å². The van der Waals surface area contributed by atoms with Crippen LogP contribution in [0.1, 0.15) is 158 Å². The maximum absolute atomic E-state index is 13.2.